The molecule has 0 fully saturated rings. The third-order valence-electron chi connectivity index (χ3n) is 2.12. The molecular formula is C10H12F2. The van der Waals surface area contributed by atoms with Crippen LogP contribution >= 0.6 is 0 Å². The molecule has 0 spiro atoms. The maximum Gasteiger partial charge on any atom is 0.162 e. The first-order chi connectivity index (χ1) is 5.57. The summed E-state index contributed by atoms with van der Waals surface area (Å²) in [5.74, 6) is -1.42. The van der Waals surface area contributed by atoms with Crippen LogP contribution in [0.5, 0.6) is 0 Å². The van der Waals surface area contributed by atoms with Gasteiger partial charge in [0.15, 0.2) is 11.6 Å². The van der Waals surface area contributed by atoms with Crippen molar-refractivity contribution >= 4 is 0 Å². The van der Waals surface area contributed by atoms with Gasteiger partial charge in [0.25, 0.3) is 0 Å². The summed E-state index contributed by atoms with van der Waals surface area (Å²) in [6.45, 7) is 5.12. The maximum absolute atomic E-state index is 13.1. The standard InChI is InChI=1S/C10H12F2/c1-4-8-5-6(2)9(11)10(12)7(8)3/h5H,4H2,1-3H3. The zero-order valence-electron chi connectivity index (χ0n) is 7.54. The lowest BCUT2D eigenvalue weighted by Gasteiger charge is -2.07. The zero-order chi connectivity index (χ0) is 9.30. The van der Waals surface area contributed by atoms with Crippen LogP contribution in [0.3, 0.4) is 0 Å². The van der Waals surface area contributed by atoms with Crippen molar-refractivity contribution in [2.75, 3.05) is 0 Å². The zero-order valence-corrected chi connectivity index (χ0v) is 7.54. The molecule has 0 N–H and O–H groups in total. The second-order valence-corrected chi connectivity index (χ2v) is 2.96. The second kappa shape index (κ2) is 3.21. The summed E-state index contributed by atoms with van der Waals surface area (Å²) < 4.78 is 26.0. The highest BCUT2D eigenvalue weighted by Crippen LogP contribution is 2.19. The van der Waals surface area contributed by atoms with Gasteiger partial charge in [-0.3, -0.25) is 0 Å². The van der Waals surface area contributed by atoms with Crippen molar-refractivity contribution < 1.29 is 8.78 Å². The monoisotopic (exact) mass is 170 g/mol. The Morgan fingerprint density at radius 3 is 2.25 bits per heavy atom. The number of hydrogen-bond donors (Lipinski definition) is 0. The van der Waals surface area contributed by atoms with E-state index < -0.39 is 11.6 Å². The molecule has 1 aromatic carbocycles. The van der Waals surface area contributed by atoms with E-state index >= 15 is 0 Å². The smallest absolute Gasteiger partial charge is 0.162 e. The summed E-state index contributed by atoms with van der Waals surface area (Å²) in [4.78, 5) is 0. The van der Waals surface area contributed by atoms with Gasteiger partial charge in [0.05, 0.1) is 0 Å². The highest BCUT2D eigenvalue weighted by molar-refractivity contribution is 5.33. The summed E-state index contributed by atoms with van der Waals surface area (Å²) in [5.41, 5.74) is 1.70. The molecule has 0 aliphatic rings. The van der Waals surface area contributed by atoms with Crippen molar-refractivity contribution in [2.45, 2.75) is 27.2 Å². The van der Waals surface area contributed by atoms with E-state index in [2.05, 4.69) is 0 Å². The lowest BCUT2D eigenvalue weighted by atomic mass is 10.0. The van der Waals surface area contributed by atoms with Crippen LogP contribution in [0.2, 0.25) is 0 Å². The molecule has 0 amide bonds. The van der Waals surface area contributed by atoms with Crippen LogP contribution in [0, 0.1) is 25.5 Å². The summed E-state index contributed by atoms with van der Waals surface area (Å²) in [6.07, 6.45) is 0.740. The normalized spacial score (nSPS) is 10.4. The van der Waals surface area contributed by atoms with Gasteiger partial charge in [-0.25, -0.2) is 8.78 Å². The van der Waals surface area contributed by atoms with Gasteiger partial charge >= 0.3 is 0 Å². The second-order valence-electron chi connectivity index (χ2n) is 2.96. The summed E-state index contributed by atoms with van der Waals surface area (Å²) in [5, 5.41) is 0. The van der Waals surface area contributed by atoms with Crippen molar-refractivity contribution in [1.82, 2.24) is 0 Å². The topological polar surface area (TPSA) is 0 Å². The van der Waals surface area contributed by atoms with Crippen molar-refractivity contribution in [2.24, 2.45) is 0 Å². The average molecular weight is 170 g/mol. The highest BCUT2D eigenvalue weighted by atomic mass is 19.2. The molecule has 0 unspecified atom stereocenters. The molecule has 0 radical (unpaired) electrons. The van der Waals surface area contributed by atoms with Crippen molar-refractivity contribution in [1.29, 1.82) is 0 Å². The van der Waals surface area contributed by atoms with Crippen molar-refractivity contribution in [3.8, 4) is 0 Å². The van der Waals surface area contributed by atoms with Crippen molar-refractivity contribution in [3.63, 3.8) is 0 Å². The third-order valence-corrected chi connectivity index (χ3v) is 2.12. The Morgan fingerprint density at radius 1 is 1.17 bits per heavy atom. The van der Waals surface area contributed by atoms with E-state index in [9.17, 15) is 8.78 Å². The molecule has 12 heavy (non-hydrogen) atoms. The van der Waals surface area contributed by atoms with E-state index in [1.807, 2.05) is 6.92 Å². The molecule has 0 heterocycles. The van der Waals surface area contributed by atoms with Gasteiger partial charge in [0.2, 0.25) is 0 Å². The summed E-state index contributed by atoms with van der Waals surface area (Å²) >= 11 is 0. The van der Waals surface area contributed by atoms with Gasteiger partial charge in [-0.2, -0.15) is 0 Å². The average Bonchev–Trinajstić information content (AvgIpc) is 2.08. The Balaban J connectivity index is 3.39. The van der Waals surface area contributed by atoms with Gasteiger partial charge in [-0.15, -0.1) is 0 Å². The molecule has 0 aliphatic heterocycles. The maximum atomic E-state index is 13.1. The van der Waals surface area contributed by atoms with Crippen LogP contribution < -0.4 is 0 Å². The Labute approximate surface area is 71.2 Å². The quantitative estimate of drug-likeness (QED) is 0.607. The molecule has 0 aromatic heterocycles. The lowest BCUT2D eigenvalue weighted by Crippen LogP contribution is -1.98. The van der Waals surface area contributed by atoms with Gasteiger partial charge in [0.1, 0.15) is 0 Å². The predicted octanol–water partition coefficient (Wildman–Crippen LogP) is 3.14. The van der Waals surface area contributed by atoms with Crippen LogP contribution in [0.1, 0.15) is 23.6 Å². The van der Waals surface area contributed by atoms with Gasteiger partial charge in [0, 0.05) is 0 Å². The molecule has 66 valence electrons. The molecule has 0 nitrogen and oxygen atoms in total. The number of hydrogen-bond acceptors (Lipinski definition) is 0. The van der Waals surface area contributed by atoms with Gasteiger partial charge < -0.3 is 0 Å². The molecule has 2 heteroatoms. The van der Waals surface area contributed by atoms with Crippen LogP contribution in [0.25, 0.3) is 0 Å². The fourth-order valence-electron chi connectivity index (χ4n) is 1.28. The fraction of sp³-hybridized carbons (Fsp3) is 0.400. The number of halogens is 2. The van der Waals surface area contributed by atoms with E-state index in [1.165, 1.54) is 0 Å². The van der Waals surface area contributed by atoms with Crippen LogP contribution in [0.4, 0.5) is 8.78 Å². The van der Waals surface area contributed by atoms with E-state index in [4.69, 9.17) is 0 Å². The van der Waals surface area contributed by atoms with Crippen LogP contribution in [0.15, 0.2) is 6.07 Å². The van der Waals surface area contributed by atoms with E-state index in [0.717, 1.165) is 12.0 Å². The Bertz CT molecular complexity index is 303. The molecule has 1 aromatic rings. The number of benzene rings is 1. The Morgan fingerprint density at radius 2 is 1.75 bits per heavy atom. The van der Waals surface area contributed by atoms with E-state index in [1.54, 1.807) is 19.9 Å². The molecule has 0 saturated carbocycles. The number of aryl methyl sites for hydroxylation is 2. The Hall–Kier alpha value is -0.920. The van der Waals surface area contributed by atoms with E-state index in [0.29, 0.717) is 11.1 Å². The highest BCUT2D eigenvalue weighted by Gasteiger charge is 2.11. The SMILES string of the molecule is CCc1cc(C)c(F)c(F)c1C. The first-order valence-corrected chi connectivity index (χ1v) is 4.02. The first-order valence-electron chi connectivity index (χ1n) is 4.02. The molecule has 0 bridgehead atoms. The molecule has 0 aliphatic carbocycles. The minimum atomic E-state index is -0.718. The molecule has 0 atom stereocenters. The van der Waals surface area contributed by atoms with E-state index in [-0.39, 0.29) is 0 Å². The van der Waals surface area contributed by atoms with Crippen LogP contribution in [-0.4, -0.2) is 0 Å². The molecule has 1 rings (SSSR count). The minimum absolute atomic E-state index is 0.384. The van der Waals surface area contributed by atoms with Gasteiger partial charge in [-0.05, 0) is 37.0 Å². The number of rotatable bonds is 1. The fourth-order valence-corrected chi connectivity index (χ4v) is 1.28. The summed E-state index contributed by atoms with van der Waals surface area (Å²) in [6, 6.07) is 1.70. The Kier molecular flexibility index (Phi) is 2.46. The lowest BCUT2D eigenvalue weighted by molar-refractivity contribution is 0.496. The molecule has 0 saturated heterocycles. The first kappa shape index (κ1) is 9.17. The van der Waals surface area contributed by atoms with Gasteiger partial charge in [-0.1, -0.05) is 13.0 Å². The largest absolute Gasteiger partial charge is 0.203 e. The molecular weight excluding hydrogens is 158 g/mol. The minimum Gasteiger partial charge on any atom is -0.203 e. The third kappa shape index (κ3) is 1.33. The summed E-state index contributed by atoms with van der Waals surface area (Å²) in [7, 11) is 0. The predicted molar refractivity (Wildman–Crippen MR) is 45.2 cm³/mol. The van der Waals surface area contributed by atoms with Crippen LogP contribution in [-0.2, 0) is 6.42 Å². The van der Waals surface area contributed by atoms with Crippen molar-refractivity contribution in [3.05, 3.63) is 34.4 Å².